The number of carbonyl (C=O) groups is 1. The fourth-order valence-electron chi connectivity index (χ4n) is 3.90. The van der Waals surface area contributed by atoms with E-state index in [4.69, 9.17) is 0 Å². The first-order valence-corrected chi connectivity index (χ1v) is 8.52. The van der Waals surface area contributed by atoms with Gasteiger partial charge in [-0.1, -0.05) is 6.92 Å². The molecule has 2 fully saturated rings. The van der Waals surface area contributed by atoms with Gasteiger partial charge in [-0.05, 0) is 32.9 Å². The van der Waals surface area contributed by atoms with Crippen molar-refractivity contribution in [2.24, 2.45) is 11.8 Å². The zero-order chi connectivity index (χ0) is 16.4. The molecule has 6 heteroatoms. The average Bonchev–Trinajstić information content (AvgIpc) is 2.97. The summed E-state index contributed by atoms with van der Waals surface area (Å²) in [4.78, 5) is 28.0. The summed E-state index contributed by atoms with van der Waals surface area (Å²) in [5.41, 5.74) is 0. The number of amides is 1. The second-order valence-electron chi connectivity index (χ2n) is 7.10. The largest absolute Gasteiger partial charge is 0.355 e. The van der Waals surface area contributed by atoms with Crippen LogP contribution in [0.3, 0.4) is 0 Å². The van der Waals surface area contributed by atoms with Crippen molar-refractivity contribution in [2.45, 2.75) is 25.8 Å². The maximum atomic E-state index is 12.9. The topological polar surface area (TPSA) is 52.6 Å². The van der Waals surface area contributed by atoms with Gasteiger partial charge in [-0.25, -0.2) is 4.98 Å². The van der Waals surface area contributed by atoms with E-state index in [0.29, 0.717) is 17.9 Å². The molecule has 0 bridgehead atoms. The Balaban J connectivity index is 1.64. The molecule has 23 heavy (non-hydrogen) atoms. The van der Waals surface area contributed by atoms with Crippen LogP contribution in [-0.4, -0.2) is 72.0 Å². The van der Waals surface area contributed by atoms with Crippen molar-refractivity contribution in [1.82, 2.24) is 19.8 Å². The van der Waals surface area contributed by atoms with E-state index in [1.54, 1.807) is 18.6 Å². The van der Waals surface area contributed by atoms with Crippen LogP contribution >= 0.6 is 0 Å². The number of likely N-dealkylation sites (tertiary alicyclic amines) is 1. The predicted octanol–water partition coefficient (Wildman–Crippen LogP) is 1.10. The molecular weight excluding hydrogens is 290 g/mol. The van der Waals surface area contributed by atoms with Gasteiger partial charge in [0.1, 0.15) is 5.82 Å². The van der Waals surface area contributed by atoms with Crippen LogP contribution in [0, 0.1) is 11.8 Å². The Kier molecular flexibility index (Phi) is 4.80. The van der Waals surface area contributed by atoms with E-state index in [9.17, 15) is 4.79 Å². The van der Waals surface area contributed by atoms with Crippen molar-refractivity contribution in [2.75, 3.05) is 45.2 Å². The molecule has 3 heterocycles. The Morgan fingerprint density at radius 3 is 2.74 bits per heavy atom. The summed E-state index contributed by atoms with van der Waals surface area (Å²) < 4.78 is 0. The Bertz CT molecular complexity index is 535. The monoisotopic (exact) mass is 317 g/mol. The van der Waals surface area contributed by atoms with Gasteiger partial charge in [0.05, 0.1) is 12.1 Å². The van der Waals surface area contributed by atoms with Crippen LogP contribution < -0.4 is 4.90 Å². The molecule has 0 aliphatic carbocycles. The SMILES string of the molecule is CC1CN(C(=O)C2CCCN(c3cnccn3)C2)CC1N(C)C. The molecule has 0 N–H and O–H groups in total. The first-order chi connectivity index (χ1) is 11.1. The third-order valence-corrected chi connectivity index (χ3v) is 5.19. The highest BCUT2D eigenvalue weighted by Gasteiger charge is 2.37. The van der Waals surface area contributed by atoms with Gasteiger partial charge in [0.2, 0.25) is 5.91 Å². The standard InChI is InChI=1S/C17H27N5O/c1-13-10-22(12-15(13)20(2)3)17(23)14-5-4-8-21(11-14)16-9-18-6-7-19-16/h6-7,9,13-15H,4-5,8,10-12H2,1-3H3. The van der Waals surface area contributed by atoms with E-state index < -0.39 is 0 Å². The molecule has 1 aromatic heterocycles. The van der Waals surface area contributed by atoms with E-state index >= 15 is 0 Å². The molecule has 2 aliphatic heterocycles. The van der Waals surface area contributed by atoms with Gasteiger partial charge in [0.15, 0.2) is 0 Å². The zero-order valence-electron chi connectivity index (χ0n) is 14.4. The van der Waals surface area contributed by atoms with Crippen LogP contribution in [0.4, 0.5) is 5.82 Å². The number of hydrogen-bond acceptors (Lipinski definition) is 5. The summed E-state index contributed by atoms with van der Waals surface area (Å²) in [5, 5.41) is 0. The van der Waals surface area contributed by atoms with E-state index in [1.165, 1.54) is 0 Å². The van der Waals surface area contributed by atoms with E-state index in [-0.39, 0.29) is 5.92 Å². The average molecular weight is 317 g/mol. The third-order valence-electron chi connectivity index (χ3n) is 5.19. The molecule has 0 saturated carbocycles. The van der Waals surface area contributed by atoms with Crippen LogP contribution in [0.2, 0.25) is 0 Å². The summed E-state index contributed by atoms with van der Waals surface area (Å²) in [6.07, 6.45) is 7.20. The van der Waals surface area contributed by atoms with Crippen molar-refractivity contribution >= 4 is 11.7 Å². The maximum absolute atomic E-state index is 12.9. The van der Waals surface area contributed by atoms with Crippen LogP contribution in [-0.2, 0) is 4.79 Å². The summed E-state index contributed by atoms with van der Waals surface area (Å²) in [6, 6.07) is 0.471. The minimum atomic E-state index is 0.0823. The Morgan fingerprint density at radius 1 is 1.26 bits per heavy atom. The Labute approximate surface area is 138 Å². The number of likely N-dealkylation sites (N-methyl/N-ethyl adjacent to an activating group) is 1. The molecule has 2 aliphatic rings. The van der Waals surface area contributed by atoms with Gasteiger partial charge in [0.25, 0.3) is 0 Å². The lowest BCUT2D eigenvalue weighted by molar-refractivity contribution is -0.135. The van der Waals surface area contributed by atoms with Crippen molar-refractivity contribution in [3.63, 3.8) is 0 Å². The minimum Gasteiger partial charge on any atom is -0.355 e. The molecule has 1 amide bonds. The lowest BCUT2D eigenvalue weighted by Gasteiger charge is -2.34. The molecule has 3 unspecified atom stereocenters. The number of carbonyl (C=O) groups excluding carboxylic acids is 1. The molecule has 0 radical (unpaired) electrons. The predicted molar refractivity (Wildman–Crippen MR) is 90.2 cm³/mol. The van der Waals surface area contributed by atoms with E-state index in [2.05, 4.69) is 45.7 Å². The van der Waals surface area contributed by atoms with Crippen molar-refractivity contribution in [1.29, 1.82) is 0 Å². The molecule has 3 atom stereocenters. The highest BCUT2D eigenvalue weighted by atomic mass is 16.2. The number of aromatic nitrogens is 2. The Hall–Kier alpha value is -1.69. The van der Waals surface area contributed by atoms with Crippen molar-refractivity contribution < 1.29 is 4.79 Å². The van der Waals surface area contributed by atoms with E-state index in [1.807, 2.05) is 0 Å². The second-order valence-corrected chi connectivity index (χ2v) is 7.10. The highest BCUT2D eigenvalue weighted by Crippen LogP contribution is 2.26. The fraction of sp³-hybridized carbons (Fsp3) is 0.706. The quantitative estimate of drug-likeness (QED) is 0.836. The second kappa shape index (κ2) is 6.83. The smallest absolute Gasteiger partial charge is 0.227 e. The molecule has 0 spiro atoms. The third kappa shape index (κ3) is 3.47. The van der Waals surface area contributed by atoms with E-state index in [0.717, 1.165) is 44.8 Å². The van der Waals surface area contributed by atoms with Gasteiger partial charge < -0.3 is 14.7 Å². The van der Waals surface area contributed by atoms with Crippen LogP contribution in [0.25, 0.3) is 0 Å². The zero-order valence-corrected chi connectivity index (χ0v) is 14.4. The highest BCUT2D eigenvalue weighted by molar-refractivity contribution is 5.80. The normalized spacial score (nSPS) is 28.4. The van der Waals surface area contributed by atoms with Gasteiger partial charge in [-0.3, -0.25) is 9.78 Å². The minimum absolute atomic E-state index is 0.0823. The number of hydrogen-bond donors (Lipinski definition) is 0. The maximum Gasteiger partial charge on any atom is 0.227 e. The van der Waals surface area contributed by atoms with Gasteiger partial charge >= 0.3 is 0 Å². The lowest BCUT2D eigenvalue weighted by atomic mass is 9.96. The first-order valence-electron chi connectivity index (χ1n) is 8.52. The number of piperidine rings is 1. The number of rotatable bonds is 3. The molecule has 126 valence electrons. The molecule has 1 aromatic rings. The molecular formula is C17H27N5O. The molecule has 2 saturated heterocycles. The Morgan fingerprint density at radius 2 is 2.09 bits per heavy atom. The van der Waals surface area contributed by atoms with Crippen LogP contribution in [0.1, 0.15) is 19.8 Å². The molecule has 3 rings (SSSR count). The van der Waals surface area contributed by atoms with Crippen LogP contribution in [0.15, 0.2) is 18.6 Å². The van der Waals surface area contributed by atoms with Gasteiger partial charge in [-0.2, -0.15) is 0 Å². The first kappa shape index (κ1) is 16.2. The summed E-state index contributed by atoms with van der Waals surface area (Å²) in [7, 11) is 4.21. The van der Waals surface area contributed by atoms with Gasteiger partial charge in [-0.15, -0.1) is 0 Å². The van der Waals surface area contributed by atoms with Crippen molar-refractivity contribution in [3.8, 4) is 0 Å². The lowest BCUT2D eigenvalue weighted by Crippen LogP contribution is -2.45. The summed E-state index contributed by atoms with van der Waals surface area (Å²) in [5.74, 6) is 1.81. The fourth-order valence-corrected chi connectivity index (χ4v) is 3.90. The summed E-state index contributed by atoms with van der Waals surface area (Å²) in [6.45, 7) is 5.69. The van der Waals surface area contributed by atoms with Crippen molar-refractivity contribution in [3.05, 3.63) is 18.6 Å². The number of anilines is 1. The summed E-state index contributed by atoms with van der Waals surface area (Å²) >= 11 is 0. The van der Waals surface area contributed by atoms with Crippen LogP contribution in [0.5, 0.6) is 0 Å². The number of nitrogens with zero attached hydrogens (tertiary/aromatic N) is 5. The van der Waals surface area contributed by atoms with Gasteiger partial charge in [0, 0.05) is 44.6 Å². The molecule has 6 nitrogen and oxygen atoms in total. The molecule has 0 aromatic carbocycles.